The van der Waals surface area contributed by atoms with Crippen LogP contribution < -0.4 is 0 Å². The Morgan fingerprint density at radius 3 is 1.33 bits per heavy atom. The van der Waals surface area contributed by atoms with E-state index < -0.39 is 9.05 Å². The molecule has 0 atom stereocenters. The Kier molecular flexibility index (Phi) is 10.1. The summed E-state index contributed by atoms with van der Waals surface area (Å²) in [6.45, 7) is 2.22. The first kappa shape index (κ1) is 12.7. The van der Waals surface area contributed by atoms with Crippen LogP contribution >= 0.6 is 0 Å². The monoisotopic (exact) mass is 162 g/mol. The maximum atomic E-state index is 7.33. The van der Waals surface area contributed by atoms with Crippen LogP contribution in [0.4, 0.5) is 0 Å². The third kappa shape index (κ3) is 107. The molecule has 0 spiro atoms. The Balaban J connectivity index is 0. The van der Waals surface area contributed by atoms with Crippen molar-refractivity contribution < 1.29 is 19.2 Å². The van der Waals surface area contributed by atoms with Gasteiger partial charge in [-0.05, 0) is 0 Å². The Hall–Kier alpha value is 1.06. The first-order valence-corrected chi connectivity index (χ1v) is 6.01. The molecule has 4 N–H and O–H groups in total. The topological polar surface area (TPSA) is 80.9 Å². The zero-order valence-corrected chi connectivity index (χ0v) is 8.70. The molecule has 0 rings (SSSR count). The molecule has 9 heavy (non-hydrogen) atoms. The van der Waals surface area contributed by atoms with Crippen molar-refractivity contribution in [3.05, 3.63) is 0 Å². The van der Waals surface area contributed by atoms with Crippen LogP contribution in [0.3, 0.4) is 0 Å². The van der Waals surface area contributed by atoms with Gasteiger partial charge in [-0.15, -0.1) is 0 Å². The van der Waals surface area contributed by atoms with E-state index in [1.54, 1.807) is 0 Å². The van der Waals surface area contributed by atoms with Gasteiger partial charge in [0, 0.05) is 0 Å². The number of hydrogen-bond donors (Lipinski definition) is 4. The van der Waals surface area contributed by atoms with Gasteiger partial charge in [0.1, 0.15) is 0 Å². The molecule has 0 aromatic heterocycles. The smallest absolute Gasteiger partial charge is 0.368 e. The first-order valence-electron chi connectivity index (χ1n) is 2.81. The van der Waals surface area contributed by atoms with Crippen LogP contribution in [0.2, 0.25) is 3.67 Å². The van der Waals surface area contributed by atoms with Crippen LogP contribution in [0, 0.1) is 0 Å². The SMILES string of the molecule is CC[CH2][Na].O[Si](O)(O)O. The summed E-state index contributed by atoms with van der Waals surface area (Å²) in [6.07, 6.45) is 1.38. The van der Waals surface area contributed by atoms with Crippen LogP contribution in [0.1, 0.15) is 13.3 Å². The van der Waals surface area contributed by atoms with Crippen molar-refractivity contribution in [2.24, 2.45) is 0 Å². The Morgan fingerprint density at radius 1 is 1.22 bits per heavy atom. The summed E-state index contributed by atoms with van der Waals surface area (Å²) in [6, 6.07) is 0. The minimum atomic E-state index is -4.61. The van der Waals surface area contributed by atoms with Gasteiger partial charge < -0.3 is 19.2 Å². The fourth-order valence-corrected chi connectivity index (χ4v) is 0. The van der Waals surface area contributed by atoms with Crippen LogP contribution in [0.25, 0.3) is 0 Å². The standard InChI is InChI=1S/C3H7.Na.H4O4Si/c1-3-2;;1-5(2,3)4/h1,3H2,2H3;;1-4H. The van der Waals surface area contributed by atoms with E-state index in [0.717, 1.165) is 0 Å². The molecule has 0 aliphatic carbocycles. The van der Waals surface area contributed by atoms with Crippen molar-refractivity contribution in [2.45, 2.75) is 17.0 Å². The maximum absolute atomic E-state index is 7.33. The van der Waals surface area contributed by atoms with Crippen LogP contribution in [0.5, 0.6) is 0 Å². The molecular weight excluding hydrogens is 151 g/mol. The van der Waals surface area contributed by atoms with Crippen molar-refractivity contribution >= 4 is 37.0 Å². The number of rotatable bonds is 1. The average Bonchev–Trinajstić information content (AvgIpc) is 1.61. The van der Waals surface area contributed by atoms with E-state index >= 15 is 0 Å². The summed E-state index contributed by atoms with van der Waals surface area (Å²) in [7, 11) is -4.61. The molecule has 6 heteroatoms. The third-order valence-corrected chi connectivity index (χ3v) is 1.50. The summed E-state index contributed by atoms with van der Waals surface area (Å²) in [5.41, 5.74) is 0. The molecule has 0 aliphatic rings. The zero-order valence-electron chi connectivity index (χ0n) is 5.70. The molecule has 0 fully saturated rings. The van der Waals surface area contributed by atoms with Gasteiger partial charge in [0.25, 0.3) is 0 Å². The fourth-order valence-electron chi connectivity index (χ4n) is 0. The second-order valence-electron chi connectivity index (χ2n) is 1.60. The van der Waals surface area contributed by atoms with Gasteiger partial charge in [-0.1, -0.05) is 0 Å². The predicted octanol–water partition coefficient (Wildman–Crippen LogP) is -1.63. The van der Waals surface area contributed by atoms with Crippen LogP contribution in [0.15, 0.2) is 0 Å². The summed E-state index contributed by atoms with van der Waals surface area (Å²) in [5.74, 6) is 0. The molecule has 0 saturated carbocycles. The van der Waals surface area contributed by atoms with Gasteiger partial charge in [-0.25, -0.2) is 0 Å². The van der Waals surface area contributed by atoms with E-state index in [4.69, 9.17) is 19.2 Å². The zero-order chi connectivity index (χ0) is 7.91. The summed E-state index contributed by atoms with van der Waals surface area (Å²) in [4.78, 5) is 29.3. The first-order chi connectivity index (χ1) is 3.91. The van der Waals surface area contributed by atoms with Gasteiger partial charge in [-0.3, -0.25) is 0 Å². The molecule has 52 valence electrons. The molecule has 0 aromatic carbocycles. The summed E-state index contributed by atoms with van der Waals surface area (Å²) < 4.78 is 1.46. The molecular formula is C3H11NaO4Si. The molecule has 0 radical (unpaired) electrons. The van der Waals surface area contributed by atoms with Gasteiger partial charge in [-0.2, -0.15) is 0 Å². The third-order valence-electron chi connectivity index (χ3n) is 0.500. The largest absolute Gasteiger partial charge is 0.668 e. The molecule has 0 unspecified atom stereocenters. The van der Waals surface area contributed by atoms with E-state index in [0.29, 0.717) is 0 Å². The molecule has 0 aromatic rings. The van der Waals surface area contributed by atoms with Crippen molar-refractivity contribution in [1.82, 2.24) is 0 Å². The van der Waals surface area contributed by atoms with Crippen LogP contribution in [-0.4, -0.2) is 56.2 Å². The van der Waals surface area contributed by atoms with E-state index in [9.17, 15) is 0 Å². The van der Waals surface area contributed by atoms with Crippen molar-refractivity contribution in [3.63, 3.8) is 0 Å². The second kappa shape index (κ2) is 7.17. The second-order valence-corrected chi connectivity index (χ2v) is 3.80. The Morgan fingerprint density at radius 2 is 1.33 bits per heavy atom. The van der Waals surface area contributed by atoms with E-state index in [1.165, 1.54) is 38.0 Å². The van der Waals surface area contributed by atoms with Crippen molar-refractivity contribution in [2.75, 3.05) is 0 Å². The molecule has 0 amide bonds. The molecule has 0 bridgehead atoms. The average molecular weight is 162 g/mol. The van der Waals surface area contributed by atoms with Gasteiger partial charge >= 0.3 is 54.0 Å². The molecule has 0 aliphatic heterocycles. The molecule has 4 nitrogen and oxygen atoms in total. The van der Waals surface area contributed by atoms with Crippen molar-refractivity contribution in [3.8, 4) is 0 Å². The minimum Gasteiger partial charge on any atom is -0.368 e. The van der Waals surface area contributed by atoms with Gasteiger partial charge in [0.05, 0.1) is 0 Å². The van der Waals surface area contributed by atoms with Crippen molar-refractivity contribution in [1.29, 1.82) is 0 Å². The Labute approximate surface area is 73.1 Å². The molecule has 0 heterocycles. The van der Waals surface area contributed by atoms with Crippen LogP contribution in [-0.2, 0) is 0 Å². The van der Waals surface area contributed by atoms with E-state index in [-0.39, 0.29) is 0 Å². The van der Waals surface area contributed by atoms with Gasteiger partial charge in [0.2, 0.25) is 0 Å². The fraction of sp³-hybridized carbons (Fsp3) is 1.00. The maximum Gasteiger partial charge on any atom is 0.668 e. The quantitative estimate of drug-likeness (QED) is 0.349. The van der Waals surface area contributed by atoms with Gasteiger partial charge in [0.15, 0.2) is 0 Å². The number of hydrogen-bond acceptors (Lipinski definition) is 4. The Bertz CT molecular complexity index is 46.3. The predicted molar refractivity (Wildman–Crippen MR) is 35.5 cm³/mol. The normalized spacial score (nSPS) is 10.1. The molecule has 0 saturated heterocycles. The van der Waals surface area contributed by atoms with E-state index in [1.807, 2.05) is 0 Å². The summed E-state index contributed by atoms with van der Waals surface area (Å²) in [5, 5.41) is 0. The minimum absolute atomic E-state index is 1.38. The van der Waals surface area contributed by atoms with E-state index in [2.05, 4.69) is 6.92 Å². The summed E-state index contributed by atoms with van der Waals surface area (Å²) >= 11 is 1.39.